The predicted octanol–water partition coefficient (Wildman–Crippen LogP) is 9.88. The standard InChI is InChI=1S/C33H60Si3/c1-4-34(25-28-16-10-7-11-17-28)31-22-23-32(35(5-2)26-29-18-12-8-13-19-29)33(24-31)36(6-3)27-30-20-14-9-15-21-30/h4-6,28-36H,1-3,7-27H2. The smallest absolute Gasteiger partial charge is 0.0640 e. The van der Waals surface area contributed by atoms with Crippen molar-refractivity contribution in [2.24, 2.45) is 17.8 Å². The van der Waals surface area contributed by atoms with Crippen molar-refractivity contribution in [3.05, 3.63) is 36.8 Å². The lowest BCUT2D eigenvalue weighted by Crippen LogP contribution is -2.39. The van der Waals surface area contributed by atoms with Gasteiger partial charge in [0, 0.05) is 0 Å². The Morgan fingerprint density at radius 1 is 0.444 bits per heavy atom. The van der Waals surface area contributed by atoms with Gasteiger partial charge in [-0.3, -0.25) is 0 Å². The lowest BCUT2D eigenvalue weighted by atomic mass is 9.91. The van der Waals surface area contributed by atoms with E-state index in [9.17, 15) is 0 Å². The molecule has 0 saturated heterocycles. The van der Waals surface area contributed by atoms with Crippen LogP contribution in [0.25, 0.3) is 0 Å². The third kappa shape index (κ3) is 8.18. The number of hydrogen-bond acceptors (Lipinski definition) is 0. The third-order valence-electron chi connectivity index (χ3n) is 11.6. The summed E-state index contributed by atoms with van der Waals surface area (Å²) in [5.41, 5.74) is 10.9. The highest BCUT2D eigenvalue weighted by Crippen LogP contribution is 2.53. The SMILES string of the molecule is C=C[SiH](CC1CCCCC1)C1CCC([SiH](C=C)CC2CCCCC2)C([SiH](C=C)CC2CCCCC2)C1. The molecule has 0 aromatic rings. The van der Waals surface area contributed by atoms with E-state index in [2.05, 4.69) is 36.8 Å². The summed E-state index contributed by atoms with van der Waals surface area (Å²) < 4.78 is 0. The highest BCUT2D eigenvalue weighted by molar-refractivity contribution is 6.72. The molecule has 0 aromatic heterocycles. The Bertz CT molecular complexity index is 656. The molecule has 0 radical (unpaired) electrons. The Labute approximate surface area is 230 Å². The zero-order valence-electron chi connectivity index (χ0n) is 23.9. The van der Waals surface area contributed by atoms with Crippen LogP contribution in [0.2, 0.25) is 34.8 Å². The first-order valence-electron chi connectivity index (χ1n) is 16.6. The summed E-state index contributed by atoms with van der Waals surface area (Å²) in [5, 5.41) is 0. The van der Waals surface area contributed by atoms with Gasteiger partial charge in [-0.05, 0) is 34.4 Å². The second-order valence-electron chi connectivity index (χ2n) is 13.8. The molecule has 0 heterocycles. The lowest BCUT2D eigenvalue weighted by molar-refractivity contribution is 0.374. The van der Waals surface area contributed by atoms with Crippen molar-refractivity contribution in [3.8, 4) is 0 Å². The van der Waals surface area contributed by atoms with E-state index in [0.29, 0.717) is 0 Å². The first-order valence-corrected chi connectivity index (χ1v) is 23.0. The molecule has 6 atom stereocenters. The fourth-order valence-electron chi connectivity index (χ4n) is 9.47. The van der Waals surface area contributed by atoms with Gasteiger partial charge < -0.3 is 0 Å². The van der Waals surface area contributed by atoms with Crippen molar-refractivity contribution in [2.45, 2.75) is 150 Å². The molecule has 4 saturated carbocycles. The average Bonchev–Trinajstić information content (AvgIpc) is 2.95. The molecule has 0 nitrogen and oxygen atoms in total. The van der Waals surface area contributed by atoms with Crippen molar-refractivity contribution < 1.29 is 0 Å². The van der Waals surface area contributed by atoms with Crippen LogP contribution in [0, 0.1) is 17.8 Å². The van der Waals surface area contributed by atoms with Crippen LogP contribution in [0.1, 0.15) is 116 Å². The highest BCUT2D eigenvalue weighted by Gasteiger charge is 2.42. The van der Waals surface area contributed by atoms with E-state index in [4.69, 9.17) is 0 Å². The van der Waals surface area contributed by atoms with Crippen LogP contribution in [0.5, 0.6) is 0 Å². The summed E-state index contributed by atoms with van der Waals surface area (Å²) in [4.78, 5) is 0. The summed E-state index contributed by atoms with van der Waals surface area (Å²) in [6, 6.07) is 4.75. The zero-order valence-corrected chi connectivity index (χ0v) is 27.4. The molecule has 204 valence electrons. The molecule has 4 rings (SSSR count). The van der Waals surface area contributed by atoms with Crippen molar-refractivity contribution in [1.29, 1.82) is 0 Å². The van der Waals surface area contributed by atoms with E-state index in [1.54, 1.807) is 37.4 Å². The minimum absolute atomic E-state index is 0.866. The van der Waals surface area contributed by atoms with Crippen LogP contribution in [0.4, 0.5) is 0 Å². The van der Waals surface area contributed by atoms with Crippen LogP contribution < -0.4 is 0 Å². The minimum Gasteiger partial charge on any atom is -0.107 e. The first-order chi connectivity index (χ1) is 17.7. The van der Waals surface area contributed by atoms with Crippen LogP contribution >= 0.6 is 0 Å². The summed E-state index contributed by atoms with van der Waals surface area (Å²) >= 11 is 0. The summed E-state index contributed by atoms with van der Waals surface area (Å²) in [6.45, 7) is 13.6. The molecular formula is C33H60Si3. The molecule has 4 aliphatic rings. The van der Waals surface area contributed by atoms with E-state index in [1.807, 2.05) is 0 Å². The van der Waals surface area contributed by atoms with Gasteiger partial charge in [0.05, 0.1) is 26.4 Å². The monoisotopic (exact) mass is 540 g/mol. The van der Waals surface area contributed by atoms with Crippen LogP contribution in [-0.2, 0) is 0 Å². The molecule has 0 aromatic carbocycles. The van der Waals surface area contributed by atoms with Gasteiger partial charge in [-0.15, -0.1) is 36.8 Å². The Kier molecular flexibility index (Phi) is 12.4. The molecule has 0 N–H and O–H groups in total. The lowest BCUT2D eigenvalue weighted by Gasteiger charge is -2.45. The fraction of sp³-hybridized carbons (Fsp3) is 0.818. The van der Waals surface area contributed by atoms with Gasteiger partial charge in [0.15, 0.2) is 0 Å². The number of rotatable bonds is 12. The summed E-state index contributed by atoms with van der Waals surface area (Å²) in [5.74, 6) is 3.11. The second kappa shape index (κ2) is 15.5. The quantitative estimate of drug-likeness (QED) is 0.216. The highest BCUT2D eigenvalue weighted by atomic mass is 28.3. The van der Waals surface area contributed by atoms with E-state index >= 15 is 0 Å². The Balaban J connectivity index is 1.48. The fourth-order valence-corrected chi connectivity index (χ4v) is 22.2. The number of hydrogen-bond donors (Lipinski definition) is 0. The van der Waals surface area contributed by atoms with Crippen LogP contribution in [-0.4, -0.2) is 26.4 Å². The molecule has 0 spiro atoms. The van der Waals surface area contributed by atoms with Gasteiger partial charge in [0.1, 0.15) is 0 Å². The summed E-state index contributed by atoms with van der Waals surface area (Å²) in [7, 11) is -2.73. The maximum Gasteiger partial charge on any atom is 0.0640 e. The predicted molar refractivity (Wildman–Crippen MR) is 171 cm³/mol. The Hall–Kier alpha value is -0.129. The van der Waals surface area contributed by atoms with E-state index in [-0.39, 0.29) is 0 Å². The van der Waals surface area contributed by atoms with Crippen LogP contribution in [0.15, 0.2) is 36.8 Å². The van der Waals surface area contributed by atoms with Gasteiger partial charge in [-0.25, -0.2) is 0 Å². The maximum absolute atomic E-state index is 4.56. The maximum atomic E-state index is 4.56. The molecule has 3 heteroatoms. The minimum atomic E-state index is -0.949. The Morgan fingerprint density at radius 3 is 1.25 bits per heavy atom. The van der Waals surface area contributed by atoms with Crippen molar-refractivity contribution in [3.63, 3.8) is 0 Å². The van der Waals surface area contributed by atoms with Gasteiger partial charge in [0.2, 0.25) is 0 Å². The first kappa shape index (κ1) is 28.9. The third-order valence-corrected chi connectivity index (χ3v) is 23.1. The molecule has 36 heavy (non-hydrogen) atoms. The molecule has 0 amide bonds. The molecule has 6 unspecified atom stereocenters. The van der Waals surface area contributed by atoms with E-state index in [0.717, 1.165) is 34.4 Å². The molecule has 0 aliphatic heterocycles. The van der Waals surface area contributed by atoms with Crippen molar-refractivity contribution in [2.75, 3.05) is 0 Å². The van der Waals surface area contributed by atoms with Gasteiger partial charge in [0.25, 0.3) is 0 Å². The van der Waals surface area contributed by atoms with Gasteiger partial charge in [-0.1, -0.05) is 134 Å². The summed E-state index contributed by atoms with van der Waals surface area (Å²) in [6.07, 6.45) is 27.3. The average molecular weight is 541 g/mol. The van der Waals surface area contributed by atoms with Crippen molar-refractivity contribution in [1.82, 2.24) is 0 Å². The molecular weight excluding hydrogens is 481 g/mol. The Morgan fingerprint density at radius 2 is 0.833 bits per heavy atom. The van der Waals surface area contributed by atoms with Crippen LogP contribution in [0.3, 0.4) is 0 Å². The zero-order chi connectivity index (χ0) is 25.2. The van der Waals surface area contributed by atoms with Gasteiger partial charge in [-0.2, -0.15) is 0 Å². The van der Waals surface area contributed by atoms with Gasteiger partial charge >= 0.3 is 0 Å². The van der Waals surface area contributed by atoms with E-state index < -0.39 is 26.4 Å². The van der Waals surface area contributed by atoms with E-state index in [1.165, 1.54) is 96.3 Å². The topological polar surface area (TPSA) is 0 Å². The normalized spacial score (nSPS) is 31.8. The molecule has 4 fully saturated rings. The second-order valence-corrected chi connectivity index (χ2v) is 23.3. The molecule has 4 aliphatic carbocycles. The van der Waals surface area contributed by atoms with Crippen molar-refractivity contribution >= 4 is 26.4 Å². The molecule has 0 bridgehead atoms. The largest absolute Gasteiger partial charge is 0.107 e.